The third-order valence-electron chi connectivity index (χ3n) is 10.2. The Morgan fingerprint density at radius 1 is 0.357 bits per heavy atom. The molecule has 2 aromatic heterocycles. The second-order valence-corrected chi connectivity index (χ2v) is 13.7. The molecule has 0 saturated carbocycles. The molecule has 5 nitrogen and oxygen atoms in total. The first-order valence-corrected chi connectivity index (χ1v) is 18.8. The van der Waals surface area contributed by atoms with Crippen molar-refractivity contribution >= 4 is 39.1 Å². The molecule has 0 saturated heterocycles. The van der Waals surface area contributed by atoms with E-state index in [-0.39, 0.29) is 0 Å². The summed E-state index contributed by atoms with van der Waals surface area (Å²) in [5.74, 6) is 1.74. The lowest BCUT2D eigenvalue weighted by molar-refractivity contribution is 1.02. The van der Waals surface area contributed by atoms with Gasteiger partial charge in [0.05, 0.1) is 16.7 Å². The maximum absolute atomic E-state index is 5.22. The SMILES string of the molecule is c1ccc(-c2ccc(-c3cccc(-n4c5ccccc5c5cccc(N(c6ccccc6)c6nc(-c7ccccc7)nc(-c7ccccc7)n6)c54)c3)cc2)cc1. The van der Waals surface area contributed by atoms with Crippen molar-refractivity contribution in [3.05, 3.63) is 212 Å². The number of fused-ring (bicyclic) bond motifs is 3. The summed E-state index contributed by atoms with van der Waals surface area (Å²) in [6, 6.07) is 73.9. The lowest BCUT2D eigenvalue weighted by Crippen LogP contribution is -2.16. The minimum Gasteiger partial charge on any atom is -0.307 e. The molecular formula is C51H35N5. The molecule has 264 valence electrons. The number of para-hydroxylation sites is 3. The summed E-state index contributed by atoms with van der Waals surface area (Å²) in [5.41, 5.74) is 11.7. The van der Waals surface area contributed by atoms with Gasteiger partial charge in [0.2, 0.25) is 5.95 Å². The average Bonchev–Trinajstić information content (AvgIpc) is 3.63. The van der Waals surface area contributed by atoms with Crippen LogP contribution in [-0.2, 0) is 0 Å². The van der Waals surface area contributed by atoms with Crippen molar-refractivity contribution in [1.82, 2.24) is 19.5 Å². The lowest BCUT2D eigenvalue weighted by Gasteiger charge is -2.25. The number of anilines is 3. The van der Waals surface area contributed by atoms with E-state index in [4.69, 9.17) is 15.0 Å². The molecule has 8 aromatic carbocycles. The molecule has 5 heteroatoms. The van der Waals surface area contributed by atoms with E-state index in [1.807, 2.05) is 66.7 Å². The van der Waals surface area contributed by atoms with Crippen molar-refractivity contribution in [3.63, 3.8) is 0 Å². The predicted molar refractivity (Wildman–Crippen MR) is 231 cm³/mol. The fourth-order valence-corrected chi connectivity index (χ4v) is 7.60. The summed E-state index contributed by atoms with van der Waals surface area (Å²) in [5, 5.41) is 2.30. The third kappa shape index (κ3) is 6.07. The first-order valence-electron chi connectivity index (χ1n) is 18.8. The van der Waals surface area contributed by atoms with E-state index in [9.17, 15) is 0 Å². The summed E-state index contributed by atoms with van der Waals surface area (Å²) in [6.07, 6.45) is 0. The summed E-state index contributed by atoms with van der Waals surface area (Å²) >= 11 is 0. The minimum absolute atomic E-state index is 0.528. The highest BCUT2D eigenvalue weighted by Gasteiger charge is 2.24. The second-order valence-electron chi connectivity index (χ2n) is 13.7. The van der Waals surface area contributed by atoms with Gasteiger partial charge >= 0.3 is 0 Å². The van der Waals surface area contributed by atoms with Crippen LogP contribution < -0.4 is 4.90 Å². The monoisotopic (exact) mass is 717 g/mol. The molecular weight excluding hydrogens is 683 g/mol. The third-order valence-corrected chi connectivity index (χ3v) is 10.2. The van der Waals surface area contributed by atoms with Crippen LogP contribution in [0.1, 0.15) is 0 Å². The maximum atomic E-state index is 5.22. The van der Waals surface area contributed by atoms with Crippen molar-refractivity contribution < 1.29 is 0 Å². The van der Waals surface area contributed by atoms with Crippen LogP contribution in [-0.4, -0.2) is 19.5 Å². The predicted octanol–water partition coefficient (Wildman–Crippen LogP) is 13.1. The van der Waals surface area contributed by atoms with Gasteiger partial charge in [0.1, 0.15) is 0 Å². The summed E-state index contributed by atoms with van der Waals surface area (Å²) in [6.45, 7) is 0. The number of nitrogens with zero attached hydrogens (tertiary/aromatic N) is 5. The molecule has 2 heterocycles. The molecule has 56 heavy (non-hydrogen) atoms. The van der Waals surface area contributed by atoms with Crippen LogP contribution >= 0.6 is 0 Å². The molecule has 0 unspecified atom stereocenters. The van der Waals surface area contributed by atoms with Crippen LogP contribution in [0.4, 0.5) is 17.3 Å². The topological polar surface area (TPSA) is 46.8 Å². The number of hydrogen-bond acceptors (Lipinski definition) is 4. The first kappa shape index (κ1) is 33.0. The zero-order valence-electron chi connectivity index (χ0n) is 30.4. The van der Waals surface area contributed by atoms with Gasteiger partial charge in [-0.1, -0.05) is 176 Å². The lowest BCUT2D eigenvalue weighted by atomic mass is 10.00. The Hall–Kier alpha value is -7.63. The number of benzene rings is 8. The summed E-state index contributed by atoms with van der Waals surface area (Å²) in [7, 11) is 0. The molecule has 10 rings (SSSR count). The van der Waals surface area contributed by atoms with Gasteiger partial charge in [-0.15, -0.1) is 0 Å². The highest BCUT2D eigenvalue weighted by molar-refractivity contribution is 6.14. The molecule has 0 fully saturated rings. The van der Waals surface area contributed by atoms with E-state index in [0.717, 1.165) is 55.7 Å². The molecule has 0 amide bonds. The number of aromatic nitrogens is 4. The van der Waals surface area contributed by atoms with Crippen LogP contribution in [0.15, 0.2) is 212 Å². The number of rotatable bonds is 8. The quantitative estimate of drug-likeness (QED) is 0.157. The Morgan fingerprint density at radius 2 is 0.839 bits per heavy atom. The maximum Gasteiger partial charge on any atom is 0.238 e. The van der Waals surface area contributed by atoms with Crippen molar-refractivity contribution in [2.24, 2.45) is 0 Å². The molecule has 0 atom stereocenters. The Balaban J connectivity index is 1.20. The van der Waals surface area contributed by atoms with Gasteiger partial charge in [-0.3, -0.25) is 4.90 Å². The van der Waals surface area contributed by atoms with Gasteiger partial charge in [0.15, 0.2) is 11.6 Å². The Morgan fingerprint density at radius 3 is 1.48 bits per heavy atom. The minimum atomic E-state index is 0.528. The van der Waals surface area contributed by atoms with Crippen molar-refractivity contribution in [2.45, 2.75) is 0 Å². The smallest absolute Gasteiger partial charge is 0.238 e. The number of hydrogen-bond donors (Lipinski definition) is 0. The van der Waals surface area contributed by atoms with Crippen LogP contribution in [0.5, 0.6) is 0 Å². The molecule has 0 radical (unpaired) electrons. The molecule has 0 aliphatic heterocycles. The van der Waals surface area contributed by atoms with Crippen LogP contribution in [0.2, 0.25) is 0 Å². The van der Waals surface area contributed by atoms with E-state index in [0.29, 0.717) is 17.6 Å². The van der Waals surface area contributed by atoms with Gasteiger partial charge in [-0.25, -0.2) is 4.98 Å². The molecule has 10 aromatic rings. The van der Waals surface area contributed by atoms with Crippen molar-refractivity contribution in [1.29, 1.82) is 0 Å². The highest BCUT2D eigenvalue weighted by Crippen LogP contribution is 2.43. The van der Waals surface area contributed by atoms with Crippen molar-refractivity contribution in [2.75, 3.05) is 4.90 Å². The Kier molecular flexibility index (Phi) is 8.43. The van der Waals surface area contributed by atoms with Gasteiger partial charge in [-0.05, 0) is 58.7 Å². The Labute approximate surface area is 325 Å². The highest BCUT2D eigenvalue weighted by atomic mass is 15.3. The van der Waals surface area contributed by atoms with E-state index >= 15 is 0 Å². The molecule has 0 N–H and O–H groups in total. The first-order chi connectivity index (χ1) is 27.8. The normalized spacial score (nSPS) is 11.2. The largest absolute Gasteiger partial charge is 0.307 e. The molecule has 0 bridgehead atoms. The fraction of sp³-hybridized carbons (Fsp3) is 0. The molecule has 0 spiro atoms. The van der Waals surface area contributed by atoms with Gasteiger partial charge in [-0.2, -0.15) is 9.97 Å². The molecule has 0 aliphatic carbocycles. The van der Waals surface area contributed by atoms with Gasteiger partial charge < -0.3 is 4.57 Å². The summed E-state index contributed by atoms with van der Waals surface area (Å²) < 4.78 is 2.38. The zero-order valence-corrected chi connectivity index (χ0v) is 30.4. The average molecular weight is 718 g/mol. The van der Waals surface area contributed by atoms with Crippen LogP contribution in [0.25, 0.3) is 72.5 Å². The molecule has 0 aliphatic rings. The van der Waals surface area contributed by atoms with E-state index in [1.165, 1.54) is 16.5 Å². The van der Waals surface area contributed by atoms with E-state index in [2.05, 4.69) is 155 Å². The van der Waals surface area contributed by atoms with Crippen LogP contribution in [0.3, 0.4) is 0 Å². The second kappa shape index (κ2) is 14.3. The van der Waals surface area contributed by atoms with Gasteiger partial charge in [0, 0.05) is 33.3 Å². The van der Waals surface area contributed by atoms with Gasteiger partial charge in [0.25, 0.3) is 0 Å². The standard InChI is InChI=1S/C51H35N5/c1-5-17-36(18-6-1)37-31-33-38(34-32-37)41-23-15-26-43(35-41)55-46-29-14-13-27-44(46)45-28-16-30-47(48(45)55)56(42-24-11-4-12-25-42)51-53-49(39-19-7-2-8-20-39)52-50(54-51)40-21-9-3-10-22-40/h1-35H. The van der Waals surface area contributed by atoms with Crippen LogP contribution in [0, 0.1) is 0 Å². The van der Waals surface area contributed by atoms with Crippen molar-refractivity contribution in [3.8, 4) is 50.7 Å². The fourth-order valence-electron chi connectivity index (χ4n) is 7.60. The van der Waals surface area contributed by atoms with E-state index in [1.54, 1.807) is 0 Å². The zero-order chi connectivity index (χ0) is 37.3. The summed E-state index contributed by atoms with van der Waals surface area (Å²) in [4.78, 5) is 17.6. The Bertz CT molecular complexity index is 2880. The van der Waals surface area contributed by atoms with E-state index < -0.39 is 0 Å².